The first-order chi connectivity index (χ1) is 13.8. The van der Waals surface area contributed by atoms with Gasteiger partial charge in [-0.3, -0.25) is 4.98 Å². The minimum Gasteiger partial charge on any atom is -0.393 e. The van der Waals surface area contributed by atoms with Gasteiger partial charge < -0.3 is 4.84 Å². The largest absolute Gasteiger partial charge is 0.393 e. The van der Waals surface area contributed by atoms with Gasteiger partial charge in [-0.1, -0.05) is 54.9 Å². The van der Waals surface area contributed by atoms with Crippen LogP contribution in [0.4, 0.5) is 0 Å². The highest BCUT2D eigenvalue weighted by molar-refractivity contribution is 6.12. The third kappa shape index (κ3) is 4.34. The molecule has 3 aromatic rings. The molecule has 1 heterocycles. The molecule has 0 N–H and O–H groups in total. The molecule has 3 rings (SSSR count). The standard InChI is InChI=1S/C26H32N2O/c1-8-20(7)29-28-24(9-2)23-15-19(6)27-26-21(23)11-10-12-22(26)25-17(4)13-16(3)14-18(25)5/h10-15,20H,8-9H2,1-7H3/b28-24-. The van der Waals surface area contributed by atoms with E-state index >= 15 is 0 Å². The molecule has 0 saturated carbocycles. The fourth-order valence-electron chi connectivity index (χ4n) is 3.95. The summed E-state index contributed by atoms with van der Waals surface area (Å²) in [6.07, 6.45) is 1.85. The predicted molar refractivity (Wildman–Crippen MR) is 124 cm³/mol. The summed E-state index contributed by atoms with van der Waals surface area (Å²) in [5.41, 5.74) is 10.4. The minimum absolute atomic E-state index is 0.110. The van der Waals surface area contributed by atoms with E-state index in [0.29, 0.717) is 0 Å². The van der Waals surface area contributed by atoms with Crippen molar-refractivity contribution in [3.63, 3.8) is 0 Å². The van der Waals surface area contributed by atoms with E-state index in [1.165, 1.54) is 27.8 Å². The van der Waals surface area contributed by atoms with E-state index in [4.69, 9.17) is 9.82 Å². The van der Waals surface area contributed by atoms with Gasteiger partial charge in [0.15, 0.2) is 0 Å². The molecule has 2 aromatic carbocycles. The molecule has 0 bridgehead atoms. The zero-order valence-corrected chi connectivity index (χ0v) is 18.8. The molecular weight excluding hydrogens is 356 g/mol. The van der Waals surface area contributed by atoms with Crippen LogP contribution < -0.4 is 0 Å². The Morgan fingerprint density at radius 2 is 1.72 bits per heavy atom. The van der Waals surface area contributed by atoms with Crippen LogP contribution >= 0.6 is 0 Å². The second kappa shape index (κ2) is 8.77. The van der Waals surface area contributed by atoms with Gasteiger partial charge in [0.1, 0.15) is 6.10 Å². The van der Waals surface area contributed by atoms with E-state index in [2.05, 4.69) is 83.1 Å². The van der Waals surface area contributed by atoms with Crippen LogP contribution in [0.5, 0.6) is 0 Å². The van der Waals surface area contributed by atoms with Gasteiger partial charge in [0.25, 0.3) is 0 Å². The van der Waals surface area contributed by atoms with Crippen molar-refractivity contribution in [2.75, 3.05) is 0 Å². The number of pyridine rings is 1. The van der Waals surface area contributed by atoms with Gasteiger partial charge in [0.05, 0.1) is 11.2 Å². The highest BCUT2D eigenvalue weighted by Crippen LogP contribution is 2.34. The Balaban J connectivity index is 2.26. The van der Waals surface area contributed by atoms with Crippen molar-refractivity contribution in [1.82, 2.24) is 4.98 Å². The quantitative estimate of drug-likeness (QED) is 0.334. The molecule has 0 aliphatic rings. The highest BCUT2D eigenvalue weighted by Gasteiger charge is 2.16. The van der Waals surface area contributed by atoms with Gasteiger partial charge >= 0.3 is 0 Å². The molecule has 0 amide bonds. The maximum Gasteiger partial charge on any atom is 0.124 e. The Morgan fingerprint density at radius 1 is 1.03 bits per heavy atom. The van der Waals surface area contributed by atoms with Gasteiger partial charge in [-0.25, -0.2) is 0 Å². The number of oxime groups is 1. The normalized spacial score (nSPS) is 13.0. The number of aromatic nitrogens is 1. The smallest absolute Gasteiger partial charge is 0.124 e. The number of rotatable bonds is 6. The molecule has 3 nitrogen and oxygen atoms in total. The second-order valence-electron chi connectivity index (χ2n) is 8.00. The summed E-state index contributed by atoms with van der Waals surface area (Å²) in [4.78, 5) is 10.7. The number of fused-ring (bicyclic) bond motifs is 1. The van der Waals surface area contributed by atoms with Crippen molar-refractivity contribution in [1.29, 1.82) is 0 Å². The zero-order valence-electron chi connectivity index (χ0n) is 18.8. The number of benzene rings is 2. The lowest BCUT2D eigenvalue weighted by molar-refractivity contribution is 0.0697. The lowest BCUT2D eigenvalue weighted by Gasteiger charge is -2.16. The molecule has 0 spiro atoms. The van der Waals surface area contributed by atoms with Crippen molar-refractivity contribution in [3.8, 4) is 11.1 Å². The molecular formula is C26H32N2O. The Hall–Kier alpha value is -2.68. The molecule has 1 atom stereocenters. The fourth-order valence-corrected chi connectivity index (χ4v) is 3.95. The zero-order chi connectivity index (χ0) is 21.1. The number of aryl methyl sites for hydroxylation is 4. The van der Waals surface area contributed by atoms with Crippen molar-refractivity contribution in [2.24, 2.45) is 5.16 Å². The van der Waals surface area contributed by atoms with Crippen molar-refractivity contribution >= 4 is 16.6 Å². The van der Waals surface area contributed by atoms with E-state index in [9.17, 15) is 0 Å². The first-order valence-corrected chi connectivity index (χ1v) is 10.6. The molecule has 0 radical (unpaired) electrons. The van der Waals surface area contributed by atoms with Crippen LogP contribution in [0.25, 0.3) is 22.0 Å². The minimum atomic E-state index is 0.110. The maximum atomic E-state index is 5.72. The first-order valence-electron chi connectivity index (χ1n) is 10.6. The molecule has 1 aromatic heterocycles. The average molecular weight is 389 g/mol. The summed E-state index contributed by atoms with van der Waals surface area (Å²) in [5, 5.41) is 5.64. The predicted octanol–water partition coefficient (Wildman–Crippen LogP) is 7.06. The summed E-state index contributed by atoms with van der Waals surface area (Å²) in [6, 6.07) is 13.1. The maximum absolute atomic E-state index is 5.72. The van der Waals surface area contributed by atoms with E-state index in [-0.39, 0.29) is 6.10 Å². The first kappa shape index (κ1) is 21.0. The third-order valence-corrected chi connectivity index (χ3v) is 5.48. The van der Waals surface area contributed by atoms with Crippen LogP contribution in [0.3, 0.4) is 0 Å². The molecule has 29 heavy (non-hydrogen) atoms. The summed E-state index contributed by atoms with van der Waals surface area (Å²) >= 11 is 0. The molecule has 0 aliphatic heterocycles. The molecule has 152 valence electrons. The van der Waals surface area contributed by atoms with Crippen LogP contribution in [0.1, 0.15) is 61.6 Å². The summed E-state index contributed by atoms with van der Waals surface area (Å²) in [5.74, 6) is 0. The van der Waals surface area contributed by atoms with Crippen LogP contribution in [0.2, 0.25) is 0 Å². The monoisotopic (exact) mass is 388 g/mol. The lowest BCUT2D eigenvalue weighted by atomic mass is 9.90. The summed E-state index contributed by atoms with van der Waals surface area (Å²) < 4.78 is 0. The Morgan fingerprint density at radius 3 is 2.34 bits per heavy atom. The highest BCUT2D eigenvalue weighted by atomic mass is 16.6. The van der Waals surface area contributed by atoms with E-state index in [1.54, 1.807) is 0 Å². The van der Waals surface area contributed by atoms with Gasteiger partial charge in [0.2, 0.25) is 0 Å². The third-order valence-electron chi connectivity index (χ3n) is 5.48. The lowest BCUT2D eigenvalue weighted by Crippen LogP contribution is -2.08. The molecule has 3 heteroatoms. The van der Waals surface area contributed by atoms with Gasteiger partial charge in [0, 0.05) is 22.2 Å². The van der Waals surface area contributed by atoms with E-state index in [0.717, 1.165) is 40.7 Å². The topological polar surface area (TPSA) is 34.5 Å². The number of hydrogen-bond donors (Lipinski definition) is 0. The fraction of sp³-hybridized carbons (Fsp3) is 0.385. The number of hydrogen-bond acceptors (Lipinski definition) is 3. The van der Waals surface area contributed by atoms with Gasteiger partial charge in [-0.05, 0) is 70.2 Å². The Bertz CT molecular complexity index is 1040. The summed E-state index contributed by atoms with van der Waals surface area (Å²) in [6.45, 7) is 14.8. The number of nitrogens with zero attached hydrogens (tertiary/aromatic N) is 2. The van der Waals surface area contributed by atoms with Crippen LogP contribution in [-0.4, -0.2) is 16.8 Å². The van der Waals surface area contributed by atoms with Crippen molar-refractivity contribution < 1.29 is 4.84 Å². The van der Waals surface area contributed by atoms with E-state index < -0.39 is 0 Å². The van der Waals surface area contributed by atoms with E-state index in [1.807, 2.05) is 6.92 Å². The Labute approximate surface area is 174 Å². The second-order valence-corrected chi connectivity index (χ2v) is 8.00. The van der Waals surface area contributed by atoms with Crippen LogP contribution in [0, 0.1) is 27.7 Å². The van der Waals surface area contributed by atoms with Crippen molar-refractivity contribution in [3.05, 3.63) is 64.3 Å². The molecule has 0 aliphatic carbocycles. The average Bonchev–Trinajstić information content (AvgIpc) is 2.67. The SMILES string of the molecule is CC/C(=N/OC(C)CC)c1cc(C)nc2c(-c3c(C)cc(C)cc3C)cccc12. The van der Waals surface area contributed by atoms with Crippen LogP contribution in [0.15, 0.2) is 41.6 Å². The summed E-state index contributed by atoms with van der Waals surface area (Å²) in [7, 11) is 0. The van der Waals surface area contributed by atoms with Gasteiger partial charge in [-0.15, -0.1) is 0 Å². The molecule has 0 fully saturated rings. The van der Waals surface area contributed by atoms with Crippen molar-refractivity contribution in [2.45, 2.75) is 67.4 Å². The van der Waals surface area contributed by atoms with Crippen LogP contribution in [-0.2, 0) is 4.84 Å². The molecule has 1 unspecified atom stereocenters. The van der Waals surface area contributed by atoms with Gasteiger partial charge in [-0.2, -0.15) is 0 Å². The number of para-hydroxylation sites is 1. The molecule has 0 saturated heterocycles. The Kier molecular flexibility index (Phi) is 6.36.